The van der Waals surface area contributed by atoms with Gasteiger partial charge in [0.1, 0.15) is 0 Å². The molecule has 0 aromatic heterocycles. The minimum Gasteiger partial charge on any atom is -0.381 e. The summed E-state index contributed by atoms with van der Waals surface area (Å²) in [5, 5.41) is 0. The van der Waals surface area contributed by atoms with E-state index in [1.165, 1.54) is 16.8 Å². The Morgan fingerprint density at radius 1 is 1.37 bits per heavy atom. The first kappa shape index (κ1) is 14.4. The van der Waals surface area contributed by atoms with Crippen molar-refractivity contribution in [2.24, 2.45) is 5.73 Å². The third-order valence-electron chi connectivity index (χ3n) is 3.94. The summed E-state index contributed by atoms with van der Waals surface area (Å²) in [6.45, 7) is 6.01. The lowest BCUT2D eigenvalue weighted by molar-refractivity contribution is 0.0854. The van der Waals surface area contributed by atoms with E-state index < -0.39 is 0 Å². The molecule has 0 radical (unpaired) electrons. The quantitative estimate of drug-likeness (QED) is 0.906. The summed E-state index contributed by atoms with van der Waals surface area (Å²) in [5.74, 6) is 0. The van der Waals surface area contributed by atoms with Gasteiger partial charge >= 0.3 is 0 Å². The Bertz CT molecular complexity index is 411. The van der Waals surface area contributed by atoms with Gasteiger partial charge in [-0.25, -0.2) is 0 Å². The smallest absolute Gasteiger partial charge is 0.0485 e. The maximum Gasteiger partial charge on any atom is 0.0485 e. The average molecular weight is 262 g/mol. The van der Waals surface area contributed by atoms with Gasteiger partial charge in [0.15, 0.2) is 0 Å². The van der Waals surface area contributed by atoms with E-state index in [4.69, 9.17) is 10.5 Å². The average Bonchev–Trinajstić information content (AvgIpc) is 2.38. The van der Waals surface area contributed by atoms with Crippen LogP contribution in [-0.4, -0.2) is 32.3 Å². The monoisotopic (exact) mass is 262 g/mol. The Kier molecular flexibility index (Phi) is 4.83. The zero-order valence-corrected chi connectivity index (χ0v) is 12.4. The van der Waals surface area contributed by atoms with E-state index in [-0.39, 0.29) is 6.04 Å². The number of nitrogens with two attached hydrogens (primary N) is 1. The molecule has 0 saturated carbocycles. The second-order valence-electron chi connectivity index (χ2n) is 5.76. The molecule has 0 spiro atoms. The fraction of sp³-hybridized carbons (Fsp3) is 0.625. The van der Waals surface area contributed by atoms with Crippen LogP contribution in [-0.2, 0) is 11.2 Å². The predicted octanol–water partition coefficient (Wildman–Crippen LogP) is 2.50. The van der Waals surface area contributed by atoms with Gasteiger partial charge in [0.05, 0.1) is 0 Å². The van der Waals surface area contributed by atoms with Crippen molar-refractivity contribution in [1.82, 2.24) is 0 Å². The van der Waals surface area contributed by atoms with Crippen molar-refractivity contribution < 1.29 is 4.74 Å². The van der Waals surface area contributed by atoms with Crippen LogP contribution < -0.4 is 10.6 Å². The Morgan fingerprint density at radius 2 is 2.05 bits per heavy atom. The summed E-state index contributed by atoms with van der Waals surface area (Å²) in [5.41, 5.74) is 9.87. The molecule has 2 N–H and O–H groups in total. The number of aryl methyl sites for hydroxylation is 1. The summed E-state index contributed by atoms with van der Waals surface area (Å²) in [4.78, 5) is 2.41. The maximum absolute atomic E-state index is 5.86. The van der Waals surface area contributed by atoms with Gasteiger partial charge in [0, 0.05) is 38.0 Å². The molecule has 0 bridgehead atoms. The van der Waals surface area contributed by atoms with Crippen molar-refractivity contribution in [2.45, 2.75) is 45.2 Å². The molecule has 19 heavy (non-hydrogen) atoms. The first-order valence-electron chi connectivity index (χ1n) is 7.23. The molecule has 0 amide bonds. The summed E-state index contributed by atoms with van der Waals surface area (Å²) in [7, 11) is 2.20. The lowest BCUT2D eigenvalue weighted by Crippen LogP contribution is -2.37. The van der Waals surface area contributed by atoms with Gasteiger partial charge in [-0.2, -0.15) is 0 Å². The second-order valence-corrected chi connectivity index (χ2v) is 5.76. The van der Waals surface area contributed by atoms with Crippen LogP contribution in [0, 0.1) is 6.92 Å². The van der Waals surface area contributed by atoms with Crippen LogP contribution in [0.25, 0.3) is 0 Å². The molecule has 1 fully saturated rings. The molecule has 1 heterocycles. The largest absolute Gasteiger partial charge is 0.381 e. The highest BCUT2D eigenvalue weighted by atomic mass is 16.5. The molecule has 1 aliphatic heterocycles. The Morgan fingerprint density at radius 3 is 2.63 bits per heavy atom. The molecule has 106 valence electrons. The molecule has 1 saturated heterocycles. The van der Waals surface area contributed by atoms with E-state index in [0.29, 0.717) is 6.04 Å². The molecule has 1 aliphatic rings. The zero-order valence-electron chi connectivity index (χ0n) is 12.4. The predicted molar refractivity (Wildman–Crippen MR) is 80.8 cm³/mol. The number of anilines is 1. The van der Waals surface area contributed by atoms with Gasteiger partial charge in [0.25, 0.3) is 0 Å². The number of ether oxygens (including phenoxy) is 1. The minimum absolute atomic E-state index is 0.221. The van der Waals surface area contributed by atoms with Gasteiger partial charge in [-0.3, -0.25) is 0 Å². The number of hydrogen-bond acceptors (Lipinski definition) is 3. The molecule has 3 heteroatoms. The van der Waals surface area contributed by atoms with Crippen molar-refractivity contribution in [3.05, 3.63) is 29.3 Å². The fourth-order valence-electron chi connectivity index (χ4n) is 2.88. The third-order valence-corrected chi connectivity index (χ3v) is 3.94. The van der Waals surface area contributed by atoms with Crippen LogP contribution in [0.15, 0.2) is 18.2 Å². The first-order chi connectivity index (χ1) is 9.08. The number of benzene rings is 1. The van der Waals surface area contributed by atoms with Crippen LogP contribution in [0.1, 0.15) is 30.9 Å². The van der Waals surface area contributed by atoms with Crippen molar-refractivity contribution in [1.29, 1.82) is 0 Å². The Labute approximate surface area is 116 Å². The summed E-state index contributed by atoms with van der Waals surface area (Å²) in [6.07, 6.45) is 3.19. The van der Waals surface area contributed by atoms with E-state index in [1.54, 1.807) is 0 Å². The highest BCUT2D eigenvalue weighted by Crippen LogP contribution is 2.25. The molecule has 1 aromatic rings. The summed E-state index contributed by atoms with van der Waals surface area (Å²) >= 11 is 0. The maximum atomic E-state index is 5.86. The summed E-state index contributed by atoms with van der Waals surface area (Å²) in [6, 6.07) is 7.55. The number of rotatable bonds is 4. The number of hydrogen-bond donors (Lipinski definition) is 1. The van der Waals surface area contributed by atoms with E-state index in [1.807, 2.05) is 0 Å². The van der Waals surface area contributed by atoms with Crippen LogP contribution in [0.4, 0.5) is 5.69 Å². The highest BCUT2D eigenvalue weighted by Gasteiger charge is 2.19. The molecule has 3 nitrogen and oxygen atoms in total. The van der Waals surface area contributed by atoms with Crippen LogP contribution in [0.5, 0.6) is 0 Å². The van der Waals surface area contributed by atoms with E-state index in [0.717, 1.165) is 32.5 Å². The van der Waals surface area contributed by atoms with Crippen LogP contribution in [0.3, 0.4) is 0 Å². The van der Waals surface area contributed by atoms with Gasteiger partial charge in [-0.1, -0.05) is 12.1 Å². The minimum atomic E-state index is 0.221. The van der Waals surface area contributed by atoms with Gasteiger partial charge < -0.3 is 15.4 Å². The normalized spacial score (nSPS) is 18.3. The molecular weight excluding hydrogens is 236 g/mol. The lowest BCUT2D eigenvalue weighted by Gasteiger charge is -2.34. The van der Waals surface area contributed by atoms with Crippen molar-refractivity contribution in [2.75, 3.05) is 25.2 Å². The standard InChI is InChI=1S/C16H26N2O/c1-12-10-14(11-13(2)17)4-5-16(12)18(3)15-6-8-19-9-7-15/h4-5,10,13,15H,6-9,11,17H2,1-3H3. The van der Waals surface area contributed by atoms with Gasteiger partial charge in [-0.05, 0) is 50.3 Å². The topological polar surface area (TPSA) is 38.5 Å². The first-order valence-corrected chi connectivity index (χ1v) is 7.23. The van der Waals surface area contributed by atoms with Gasteiger partial charge in [-0.15, -0.1) is 0 Å². The Balaban J connectivity index is 2.10. The lowest BCUT2D eigenvalue weighted by atomic mass is 10.0. The van der Waals surface area contributed by atoms with Crippen LogP contribution >= 0.6 is 0 Å². The van der Waals surface area contributed by atoms with Gasteiger partial charge in [0.2, 0.25) is 0 Å². The molecule has 2 rings (SSSR count). The summed E-state index contributed by atoms with van der Waals surface area (Å²) < 4.78 is 5.44. The van der Waals surface area contributed by atoms with Crippen molar-refractivity contribution >= 4 is 5.69 Å². The van der Waals surface area contributed by atoms with Crippen molar-refractivity contribution in [3.8, 4) is 0 Å². The zero-order chi connectivity index (χ0) is 13.8. The second kappa shape index (κ2) is 6.40. The molecule has 1 aromatic carbocycles. The van der Waals surface area contributed by atoms with Crippen molar-refractivity contribution in [3.63, 3.8) is 0 Å². The molecule has 0 aliphatic carbocycles. The van der Waals surface area contributed by atoms with E-state index >= 15 is 0 Å². The fourth-order valence-corrected chi connectivity index (χ4v) is 2.88. The Hall–Kier alpha value is -1.06. The highest BCUT2D eigenvalue weighted by molar-refractivity contribution is 5.54. The third kappa shape index (κ3) is 3.71. The van der Waals surface area contributed by atoms with E-state index in [2.05, 4.69) is 44.0 Å². The molecule has 1 atom stereocenters. The number of nitrogens with zero attached hydrogens (tertiary/aromatic N) is 1. The van der Waals surface area contributed by atoms with E-state index in [9.17, 15) is 0 Å². The SMILES string of the molecule is Cc1cc(CC(C)N)ccc1N(C)C1CCOCC1. The van der Waals surface area contributed by atoms with Crippen LogP contribution in [0.2, 0.25) is 0 Å². The molecular formula is C16H26N2O. The molecule has 1 unspecified atom stereocenters.